The molecule has 2 unspecified atom stereocenters. The van der Waals surface area contributed by atoms with Crippen LogP contribution in [0, 0.1) is 11.8 Å². The van der Waals surface area contributed by atoms with Crippen LogP contribution in [-0.4, -0.2) is 36.6 Å². The van der Waals surface area contributed by atoms with Crippen molar-refractivity contribution in [1.82, 2.24) is 30.5 Å². The van der Waals surface area contributed by atoms with Gasteiger partial charge in [-0.3, -0.25) is 4.79 Å². The van der Waals surface area contributed by atoms with Crippen LogP contribution < -0.4 is 5.32 Å². The Morgan fingerprint density at radius 3 is 2.68 bits per heavy atom. The summed E-state index contributed by atoms with van der Waals surface area (Å²) in [5.41, 5.74) is 0.102. The van der Waals surface area contributed by atoms with Crippen LogP contribution in [0.25, 0.3) is 0 Å². The first-order valence-corrected chi connectivity index (χ1v) is 9.11. The third kappa shape index (κ3) is 2.44. The standard InChI is InChI=1S/C17H19ClN6O/c18-13-1-2-14(19-8-13)15(25)22-16-4-11-3-12(5-16)7-17(6-11,9-16)24-21-10-20-23-24/h1-2,8,10-12H,3-7,9H2,(H,22,25). The highest BCUT2D eigenvalue weighted by Crippen LogP contribution is 2.60. The highest BCUT2D eigenvalue weighted by molar-refractivity contribution is 6.30. The van der Waals surface area contributed by atoms with Gasteiger partial charge in [0.1, 0.15) is 5.69 Å². The molecule has 8 heteroatoms. The zero-order valence-corrected chi connectivity index (χ0v) is 14.5. The molecular formula is C17H19ClN6O. The van der Waals surface area contributed by atoms with Crippen molar-refractivity contribution in [1.29, 1.82) is 0 Å². The molecule has 4 fully saturated rings. The van der Waals surface area contributed by atoms with E-state index in [1.165, 1.54) is 18.9 Å². The fraction of sp³-hybridized carbons (Fsp3) is 0.588. The lowest BCUT2D eigenvalue weighted by atomic mass is 9.50. The zero-order valence-electron chi connectivity index (χ0n) is 13.7. The molecule has 25 heavy (non-hydrogen) atoms. The highest BCUT2D eigenvalue weighted by Gasteiger charge is 2.60. The zero-order chi connectivity index (χ0) is 17.1. The predicted molar refractivity (Wildman–Crippen MR) is 89.9 cm³/mol. The summed E-state index contributed by atoms with van der Waals surface area (Å²) in [5.74, 6) is 1.08. The van der Waals surface area contributed by atoms with Gasteiger partial charge < -0.3 is 5.32 Å². The Morgan fingerprint density at radius 2 is 2.04 bits per heavy atom. The smallest absolute Gasteiger partial charge is 0.270 e. The molecule has 4 aliphatic carbocycles. The van der Waals surface area contributed by atoms with E-state index in [1.807, 2.05) is 0 Å². The van der Waals surface area contributed by atoms with Crippen LogP contribution in [0.15, 0.2) is 24.7 Å². The number of aromatic nitrogens is 5. The lowest BCUT2D eigenvalue weighted by Crippen LogP contribution is -2.66. The maximum atomic E-state index is 12.8. The van der Waals surface area contributed by atoms with E-state index in [0.29, 0.717) is 22.6 Å². The second-order valence-electron chi connectivity index (χ2n) is 8.01. The number of rotatable bonds is 3. The van der Waals surface area contributed by atoms with Gasteiger partial charge in [0.15, 0.2) is 6.33 Å². The number of hydrogen-bond acceptors (Lipinski definition) is 5. The lowest BCUT2D eigenvalue weighted by Gasteiger charge is -2.61. The van der Waals surface area contributed by atoms with Crippen molar-refractivity contribution in [3.63, 3.8) is 0 Å². The van der Waals surface area contributed by atoms with Gasteiger partial charge in [-0.2, -0.15) is 4.80 Å². The summed E-state index contributed by atoms with van der Waals surface area (Å²) in [4.78, 5) is 18.7. The van der Waals surface area contributed by atoms with Gasteiger partial charge in [0.2, 0.25) is 0 Å². The minimum atomic E-state index is -0.198. The van der Waals surface area contributed by atoms with Crippen LogP contribution >= 0.6 is 11.6 Å². The summed E-state index contributed by atoms with van der Waals surface area (Å²) in [7, 11) is 0. The van der Waals surface area contributed by atoms with Gasteiger partial charge >= 0.3 is 0 Å². The van der Waals surface area contributed by atoms with Crippen molar-refractivity contribution in [2.24, 2.45) is 11.8 Å². The van der Waals surface area contributed by atoms with E-state index in [2.05, 4.69) is 25.7 Å². The normalized spacial score (nSPS) is 35.7. The number of carbonyl (C=O) groups excluding carboxylic acids is 1. The fourth-order valence-electron chi connectivity index (χ4n) is 5.79. The SMILES string of the molecule is O=C(NC12CC3CC(C1)CC(n1ncnn1)(C3)C2)c1ccc(Cl)cn1. The van der Waals surface area contributed by atoms with Crippen LogP contribution in [0.1, 0.15) is 49.0 Å². The second kappa shape index (κ2) is 5.24. The Bertz CT molecular complexity index is 791. The van der Waals surface area contributed by atoms with Gasteiger partial charge in [-0.1, -0.05) is 11.6 Å². The largest absolute Gasteiger partial charge is 0.345 e. The third-order valence-corrected chi connectivity index (χ3v) is 6.37. The Balaban J connectivity index is 1.45. The van der Waals surface area contributed by atoms with E-state index in [4.69, 9.17) is 11.6 Å². The number of carbonyl (C=O) groups is 1. The van der Waals surface area contributed by atoms with Crippen LogP contribution in [0.5, 0.6) is 0 Å². The number of nitrogens with zero attached hydrogens (tertiary/aromatic N) is 5. The predicted octanol–water partition coefficient (Wildman–Crippen LogP) is 2.20. The molecule has 130 valence electrons. The first kappa shape index (κ1) is 15.3. The van der Waals surface area contributed by atoms with E-state index in [-0.39, 0.29) is 17.0 Å². The van der Waals surface area contributed by atoms with Gasteiger partial charge in [-0.05, 0) is 67.7 Å². The van der Waals surface area contributed by atoms with Crippen LogP contribution in [0.4, 0.5) is 0 Å². The fourth-order valence-corrected chi connectivity index (χ4v) is 5.91. The Labute approximate surface area is 150 Å². The molecule has 0 saturated heterocycles. The number of nitrogens with one attached hydrogen (secondary N) is 1. The summed E-state index contributed by atoms with van der Waals surface area (Å²) in [6, 6.07) is 3.37. The maximum Gasteiger partial charge on any atom is 0.270 e. The molecule has 1 amide bonds. The van der Waals surface area contributed by atoms with Crippen LogP contribution in [0.3, 0.4) is 0 Å². The number of pyridine rings is 1. The molecule has 0 aromatic carbocycles. The average molecular weight is 359 g/mol. The molecule has 4 saturated carbocycles. The second-order valence-corrected chi connectivity index (χ2v) is 8.44. The number of tetrazole rings is 1. The molecule has 4 aliphatic rings. The number of halogens is 1. The molecule has 6 rings (SSSR count). The van der Waals surface area contributed by atoms with Crippen molar-refractivity contribution in [2.45, 2.75) is 49.6 Å². The summed E-state index contributed by atoms with van der Waals surface area (Å²) in [5, 5.41) is 16.3. The minimum Gasteiger partial charge on any atom is -0.345 e. The number of hydrogen-bond donors (Lipinski definition) is 1. The molecule has 2 aromatic rings. The molecule has 2 heterocycles. The Morgan fingerprint density at radius 1 is 1.24 bits per heavy atom. The number of amides is 1. The molecule has 2 atom stereocenters. The monoisotopic (exact) mass is 358 g/mol. The molecular weight excluding hydrogens is 340 g/mol. The van der Waals surface area contributed by atoms with E-state index in [0.717, 1.165) is 32.1 Å². The van der Waals surface area contributed by atoms with Crippen molar-refractivity contribution < 1.29 is 4.79 Å². The quantitative estimate of drug-likeness (QED) is 0.909. The molecule has 1 N–H and O–H groups in total. The van der Waals surface area contributed by atoms with E-state index in [1.54, 1.807) is 16.9 Å². The van der Waals surface area contributed by atoms with Gasteiger partial charge in [0.05, 0.1) is 10.6 Å². The van der Waals surface area contributed by atoms with E-state index < -0.39 is 0 Å². The van der Waals surface area contributed by atoms with Gasteiger partial charge in [-0.15, -0.1) is 10.2 Å². The maximum absolute atomic E-state index is 12.8. The van der Waals surface area contributed by atoms with Gasteiger partial charge in [-0.25, -0.2) is 4.98 Å². The van der Waals surface area contributed by atoms with Crippen molar-refractivity contribution >= 4 is 17.5 Å². The molecule has 7 nitrogen and oxygen atoms in total. The Hall–Kier alpha value is -2.02. The van der Waals surface area contributed by atoms with Gasteiger partial charge in [0.25, 0.3) is 5.91 Å². The lowest BCUT2D eigenvalue weighted by molar-refractivity contribution is -0.0811. The molecule has 4 bridgehead atoms. The highest BCUT2D eigenvalue weighted by atomic mass is 35.5. The minimum absolute atomic E-state index is 0.110. The molecule has 0 radical (unpaired) electrons. The first-order chi connectivity index (χ1) is 12.1. The Kier molecular flexibility index (Phi) is 3.20. The molecule has 0 spiro atoms. The summed E-state index contributed by atoms with van der Waals surface area (Å²) in [6.45, 7) is 0. The molecule has 2 aromatic heterocycles. The van der Waals surface area contributed by atoms with Crippen LogP contribution in [-0.2, 0) is 5.54 Å². The van der Waals surface area contributed by atoms with E-state index in [9.17, 15) is 4.79 Å². The topological polar surface area (TPSA) is 85.6 Å². The van der Waals surface area contributed by atoms with Crippen molar-refractivity contribution in [2.75, 3.05) is 0 Å². The first-order valence-electron chi connectivity index (χ1n) is 8.74. The van der Waals surface area contributed by atoms with Crippen LogP contribution in [0.2, 0.25) is 5.02 Å². The van der Waals surface area contributed by atoms with Gasteiger partial charge in [0, 0.05) is 11.7 Å². The summed E-state index contributed by atoms with van der Waals surface area (Å²) >= 11 is 5.87. The third-order valence-electron chi connectivity index (χ3n) is 6.14. The van der Waals surface area contributed by atoms with E-state index >= 15 is 0 Å². The average Bonchev–Trinajstić information content (AvgIpc) is 3.09. The van der Waals surface area contributed by atoms with Crippen molar-refractivity contribution in [3.05, 3.63) is 35.4 Å². The summed E-state index contributed by atoms with van der Waals surface area (Å²) < 4.78 is 0. The summed E-state index contributed by atoms with van der Waals surface area (Å²) in [6.07, 6.45) is 9.33. The molecule has 0 aliphatic heterocycles. The van der Waals surface area contributed by atoms with Crippen molar-refractivity contribution in [3.8, 4) is 0 Å².